The Kier molecular flexibility index (Phi) is 4.33. The van der Waals surface area contributed by atoms with Gasteiger partial charge in [0.2, 0.25) is 5.95 Å². The fraction of sp³-hybridized carbons (Fsp3) is 0.643. The van der Waals surface area contributed by atoms with Gasteiger partial charge in [0.25, 0.3) is 0 Å². The van der Waals surface area contributed by atoms with E-state index in [0.29, 0.717) is 30.1 Å². The highest BCUT2D eigenvalue weighted by molar-refractivity contribution is 5.36. The number of hydrogen-bond donors (Lipinski definition) is 1. The van der Waals surface area contributed by atoms with Crippen LogP contribution in [0.3, 0.4) is 0 Å². The maximum Gasteiger partial charge on any atom is 0.226 e. The number of nitrogens with zero attached hydrogens (tertiary/aromatic N) is 4. The van der Waals surface area contributed by atoms with Gasteiger partial charge in [-0.15, -0.1) is 0 Å². The van der Waals surface area contributed by atoms with Crippen LogP contribution in [-0.2, 0) is 0 Å². The lowest BCUT2D eigenvalue weighted by Gasteiger charge is -2.37. The number of rotatable bonds is 3. The Labute approximate surface area is 114 Å². The summed E-state index contributed by atoms with van der Waals surface area (Å²) in [7, 11) is 2.01. The molecule has 2 unspecified atom stereocenters. The lowest BCUT2D eigenvalue weighted by atomic mass is 9.84. The van der Waals surface area contributed by atoms with E-state index in [1.807, 2.05) is 14.0 Å². The Morgan fingerprint density at radius 3 is 2.84 bits per heavy atom. The Balaban J connectivity index is 2.25. The van der Waals surface area contributed by atoms with E-state index in [2.05, 4.69) is 20.9 Å². The zero-order chi connectivity index (χ0) is 13.8. The van der Waals surface area contributed by atoms with E-state index in [-0.39, 0.29) is 0 Å². The number of nitriles is 1. The van der Waals surface area contributed by atoms with Gasteiger partial charge in [-0.3, -0.25) is 0 Å². The van der Waals surface area contributed by atoms with E-state index >= 15 is 0 Å². The smallest absolute Gasteiger partial charge is 0.226 e. The summed E-state index contributed by atoms with van der Waals surface area (Å²) in [6.45, 7) is 2.59. The molecule has 102 valence electrons. The standard InChI is InChI=1S/C14H21N5/c1-10-7-12(9-16)18-14(17-10)19(2)13-6-4-3-5-11(13)8-15/h7,11,13H,3-6,8,15H2,1-2H3. The minimum atomic E-state index is 0.382. The molecule has 0 spiro atoms. The zero-order valence-electron chi connectivity index (χ0n) is 11.6. The van der Waals surface area contributed by atoms with Gasteiger partial charge in [0.15, 0.2) is 0 Å². The van der Waals surface area contributed by atoms with Gasteiger partial charge in [0, 0.05) is 18.8 Å². The van der Waals surface area contributed by atoms with Gasteiger partial charge >= 0.3 is 0 Å². The van der Waals surface area contributed by atoms with Crippen molar-refractivity contribution in [2.45, 2.75) is 38.6 Å². The molecule has 1 aliphatic carbocycles. The molecule has 5 nitrogen and oxygen atoms in total. The van der Waals surface area contributed by atoms with E-state index in [1.165, 1.54) is 19.3 Å². The van der Waals surface area contributed by atoms with Crippen molar-refractivity contribution >= 4 is 5.95 Å². The van der Waals surface area contributed by atoms with Crippen LogP contribution in [0.25, 0.3) is 0 Å². The lowest BCUT2D eigenvalue weighted by molar-refractivity contribution is 0.304. The van der Waals surface area contributed by atoms with Gasteiger partial charge in [-0.25, -0.2) is 9.97 Å². The fourth-order valence-corrected chi connectivity index (χ4v) is 2.89. The maximum atomic E-state index is 9.00. The van der Waals surface area contributed by atoms with Crippen LogP contribution in [0, 0.1) is 24.2 Å². The monoisotopic (exact) mass is 259 g/mol. The predicted molar refractivity (Wildman–Crippen MR) is 74.7 cm³/mol. The van der Waals surface area contributed by atoms with Crippen LogP contribution in [0.15, 0.2) is 6.07 Å². The number of aromatic nitrogens is 2. The van der Waals surface area contributed by atoms with E-state index in [0.717, 1.165) is 12.1 Å². The minimum absolute atomic E-state index is 0.382. The van der Waals surface area contributed by atoms with Crippen molar-refractivity contribution in [1.82, 2.24) is 9.97 Å². The first-order chi connectivity index (χ1) is 9.15. The highest BCUT2D eigenvalue weighted by Crippen LogP contribution is 2.29. The molecule has 2 rings (SSSR count). The third-order valence-corrected chi connectivity index (χ3v) is 3.94. The first-order valence-electron chi connectivity index (χ1n) is 6.84. The predicted octanol–water partition coefficient (Wildman–Crippen LogP) is 1.61. The molecule has 1 heterocycles. The molecule has 0 radical (unpaired) electrons. The number of nitrogens with two attached hydrogens (primary N) is 1. The molecule has 2 atom stereocenters. The van der Waals surface area contributed by atoms with Crippen molar-refractivity contribution in [3.8, 4) is 6.07 Å². The Morgan fingerprint density at radius 1 is 1.42 bits per heavy atom. The highest BCUT2D eigenvalue weighted by Gasteiger charge is 2.28. The molecule has 0 amide bonds. The summed E-state index contributed by atoms with van der Waals surface area (Å²) in [6, 6.07) is 4.18. The molecule has 1 saturated carbocycles. The first kappa shape index (κ1) is 13.8. The van der Waals surface area contributed by atoms with Crippen molar-refractivity contribution in [3.05, 3.63) is 17.5 Å². The molecule has 0 aliphatic heterocycles. The van der Waals surface area contributed by atoms with Crippen molar-refractivity contribution in [2.75, 3.05) is 18.5 Å². The lowest BCUT2D eigenvalue weighted by Crippen LogP contribution is -2.44. The topological polar surface area (TPSA) is 78.8 Å². The second-order valence-corrected chi connectivity index (χ2v) is 5.26. The minimum Gasteiger partial charge on any atom is -0.341 e. The molecular weight excluding hydrogens is 238 g/mol. The van der Waals surface area contributed by atoms with E-state index < -0.39 is 0 Å². The van der Waals surface area contributed by atoms with Gasteiger partial charge in [-0.1, -0.05) is 12.8 Å². The quantitative estimate of drug-likeness (QED) is 0.892. The van der Waals surface area contributed by atoms with Crippen LogP contribution >= 0.6 is 0 Å². The molecule has 1 aromatic heterocycles. The summed E-state index contributed by atoms with van der Waals surface area (Å²) in [6.07, 6.45) is 4.77. The van der Waals surface area contributed by atoms with E-state index in [1.54, 1.807) is 6.07 Å². The molecule has 1 aromatic rings. The fourth-order valence-electron chi connectivity index (χ4n) is 2.89. The Morgan fingerprint density at radius 2 is 2.16 bits per heavy atom. The van der Waals surface area contributed by atoms with Gasteiger partial charge in [0.1, 0.15) is 11.8 Å². The molecule has 0 saturated heterocycles. The number of anilines is 1. The summed E-state index contributed by atoms with van der Waals surface area (Å²) in [5, 5.41) is 9.00. The Hall–Kier alpha value is -1.67. The van der Waals surface area contributed by atoms with Gasteiger partial charge in [-0.2, -0.15) is 5.26 Å². The molecule has 2 N–H and O–H groups in total. The van der Waals surface area contributed by atoms with Crippen molar-refractivity contribution < 1.29 is 0 Å². The third kappa shape index (κ3) is 3.02. The average Bonchev–Trinajstić information content (AvgIpc) is 2.45. The van der Waals surface area contributed by atoms with Gasteiger partial charge in [-0.05, 0) is 38.3 Å². The SMILES string of the molecule is Cc1cc(C#N)nc(N(C)C2CCCCC2CN)n1. The molecule has 0 aromatic carbocycles. The molecule has 19 heavy (non-hydrogen) atoms. The molecular formula is C14H21N5. The maximum absolute atomic E-state index is 9.00. The highest BCUT2D eigenvalue weighted by atomic mass is 15.3. The van der Waals surface area contributed by atoms with Crippen LogP contribution in [-0.4, -0.2) is 29.6 Å². The Bertz CT molecular complexity index is 479. The summed E-state index contributed by atoms with van der Waals surface area (Å²) in [5.74, 6) is 1.13. The summed E-state index contributed by atoms with van der Waals surface area (Å²) in [4.78, 5) is 10.9. The van der Waals surface area contributed by atoms with Crippen LogP contribution < -0.4 is 10.6 Å². The number of hydrogen-bond acceptors (Lipinski definition) is 5. The number of aryl methyl sites for hydroxylation is 1. The van der Waals surface area contributed by atoms with Crippen LogP contribution in [0.4, 0.5) is 5.95 Å². The molecule has 1 fully saturated rings. The average molecular weight is 259 g/mol. The van der Waals surface area contributed by atoms with Crippen LogP contribution in [0.5, 0.6) is 0 Å². The van der Waals surface area contributed by atoms with Crippen molar-refractivity contribution in [3.63, 3.8) is 0 Å². The van der Waals surface area contributed by atoms with Crippen LogP contribution in [0.1, 0.15) is 37.1 Å². The summed E-state index contributed by atoms with van der Waals surface area (Å²) >= 11 is 0. The second kappa shape index (κ2) is 5.98. The van der Waals surface area contributed by atoms with Crippen LogP contribution in [0.2, 0.25) is 0 Å². The van der Waals surface area contributed by atoms with E-state index in [4.69, 9.17) is 11.0 Å². The van der Waals surface area contributed by atoms with Crippen molar-refractivity contribution in [1.29, 1.82) is 5.26 Å². The largest absolute Gasteiger partial charge is 0.341 e. The normalized spacial score (nSPS) is 22.8. The summed E-state index contributed by atoms with van der Waals surface area (Å²) in [5.41, 5.74) is 7.13. The third-order valence-electron chi connectivity index (χ3n) is 3.94. The molecule has 1 aliphatic rings. The molecule has 5 heteroatoms. The molecule has 0 bridgehead atoms. The van der Waals surface area contributed by atoms with Gasteiger partial charge in [0.05, 0.1) is 0 Å². The first-order valence-corrected chi connectivity index (χ1v) is 6.84. The zero-order valence-corrected chi connectivity index (χ0v) is 11.6. The van der Waals surface area contributed by atoms with Gasteiger partial charge < -0.3 is 10.6 Å². The second-order valence-electron chi connectivity index (χ2n) is 5.26. The van der Waals surface area contributed by atoms with Crippen molar-refractivity contribution in [2.24, 2.45) is 11.7 Å². The van der Waals surface area contributed by atoms with E-state index in [9.17, 15) is 0 Å². The summed E-state index contributed by atoms with van der Waals surface area (Å²) < 4.78 is 0.